The van der Waals surface area contributed by atoms with Gasteiger partial charge in [0.25, 0.3) is 0 Å². The van der Waals surface area contributed by atoms with Gasteiger partial charge in [0, 0.05) is 44.1 Å². The van der Waals surface area contributed by atoms with Crippen LogP contribution in [0.2, 0.25) is 0 Å². The molecule has 1 heterocycles. The smallest absolute Gasteiger partial charge is 0.333 e. The fraction of sp³-hybridized carbons (Fsp3) is 0.435. The number of anilines is 1. The second kappa shape index (κ2) is 11.9. The van der Waals surface area contributed by atoms with Crippen LogP contribution in [0.25, 0.3) is 11.3 Å². The average Bonchev–Trinajstić information content (AvgIpc) is 2.76. The number of hydrogen-bond acceptors (Lipinski definition) is 4. The predicted octanol–water partition coefficient (Wildman–Crippen LogP) is 4.12. The number of carbonyl (C=O) groups excluding carboxylic acids is 1. The first kappa shape index (κ1) is 23.3. The zero-order valence-electron chi connectivity index (χ0n) is 17.9. The fourth-order valence-corrected chi connectivity index (χ4v) is 3.03. The molecular formula is C23H31N3O4. The Kier molecular flexibility index (Phi) is 9.28. The third kappa shape index (κ3) is 6.84. The van der Waals surface area contributed by atoms with Gasteiger partial charge in [-0.05, 0) is 37.1 Å². The molecule has 0 aliphatic carbocycles. The highest BCUT2D eigenvalue weighted by Gasteiger charge is 2.18. The molecule has 162 valence electrons. The predicted molar refractivity (Wildman–Crippen MR) is 118 cm³/mol. The molecule has 0 aliphatic heterocycles. The first-order valence-corrected chi connectivity index (χ1v) is 10.4. The molecule has 0 saturated carbocycles. The van der Waals surface area contributed by atoms with Gasteiger partial charge in [-0.15, -0.1) is 0 Å². The first-order valence-electron chi connectivity index (χ1n) is 10.4. The highest BCUT2D eigenvalue weighted by molar-refractivity contribution is 5.92. The molecule has 7 heteroatoms. The van der Waals surface area contributed by atoms with E-state index in [9.17, 15) is 14.7 Å². The Bertz CT molecular complexity index is 823. The molecule has 0 bridgehead atoms. The van der Waals surface area contributed by atoms with Crippen molar-refractivity contribution in [3.63, 3.8) is 0 Å². The number of ether oxygens (including phenoxy) is 1. The topological polar surface area (TPSA) is 91.8 Å². The zero-order valence-corrected chi connectivity index (χ0v) is 17.9. The Morgan fingerprint density at radius 2 is 2.00 bits per heavy atom. The van der Waals surface area contributed by atoms with E-state index in [-0.39, 0.29) is 12.5 Å². The van der Waals surface area contributed by atoms with E-state index in [0.29, 0.717) is 13.2 Å². The van der Waals surface area contributed by atoms with E-state index in [4.69, 9.17) is 4.74 Å². The third-order valence-electron chi connectivity index (χ3n) is 4.78. The molecule has 0 saturated heterocycles. The Labute approximate surface area is 178 Å². The Morgan fingerprint density at radius 1 is 1.20 bits per heavy atom. The second-order valence-corrected chi connectivity index (χ2v) is 7.09. The van der Waals surface area contributed by atoms with Crippen molar-refractivity contribution in [2.75, 3.05) is 25.1 Å². The van der Waals surface area contributed by atoms with Gasteiger partial charge in [0.2, 0.25) is 0 Å². The normalized spacial score (nSPS) is 11.7. The summed E-state index contributed by atoms with van der Waals surface area (Å²) < 4.78 is 5.26. The summed E-state index contributed by atoms with van der Waals surface area (Å²) in [4.78, 5) is 29.7. The maximum absolute atomic E-state index is 12.3. The summed E-state index contributed by atoms with van der Waals surface area (Å²) >= 11 is 0. The maximum atomic E-state index is 12.3. The molecule has 1 unspecified atom stereocenters. The number of aromatic nitrogens is 1. The number of rotatable bonds is 11. The number of carboxylic acids is 1. The lowest BCUT2D eigenvalue weighted by molar-refractivity contribution is -0.149. The van der Waals surface area contributed by atoms with E-state index in [2.05, 4.69) is 17.2 Å². The van der Waals surface area contributed by atoms with E-state index in [1.807, 2.05) is 36.4 Å². The van der Waals surface area contributed by atoms with Gasteiger partial charge in [0.1, 0.15) is 0 Å². The summed E-state index contributed by atoms with van der Waals surface area (Å²) in [5.41, 5.74) is 3.19. The summed E-state index contributed by atoms with van der Waals surface area (Å²) in [6, 6.07) is 11.2. The Morgan fingerprint density at radius 3 is 2.63 bits per heavy atom. The fourth-order valence-electron chi connectivity index (χ4n) is 3.03. The SMILES string of the molecule is CCCCCNC(=O)N(C)c1cccc(-c2ccc(CC(OCC)C(=O)O)cn2)c1. The quantitative estimate of drug-likeness (QED) is 0.541. The van der Waals surface area contributed by atoms with Crippen molar-refractivity contribution >= 4 is 17.7 Å². The van der Waals surface area contributed by atoms with Gasteiger partial charge in [-0.1, -0.05) is 38.0 Å². The van der Waals surface area contributed by atoms with Crippen molar-refractivity contribution in [2.45, 2.75) is 45.6 Å². The molecule has 7 nitrogen and oxygen atoms in total. The number of nitrogens with one attached hydrogen (secondary N) is 1. The number of unbranched alkanes of at least 4 members (excludes halogenated alkanes) is 2. The number of amides is 2. The largest absolute Gasteiger partial charge is 0.479 e. The summed E-state index contributed by atoms with van der Waals surface area (Å²) in [5, 5.41) is 12.2. The lowest BCUT2D eigenvalue weighted by Gasteiger charge is -2.19. The number of urea groups is 1. The minimum Gasteiger partial charge on any atom is -0.479 e. The summed E-state index contributed by atoms with van der Waals surface area (Å²) in [6.45, 7) is 4.91. The molecule has 2 rings (SSSR count). The van der Waals surface area contributed by atoms with Gasteiger partial charge < -0.3 is 15.2 Å². The molecule has 0 spiro atoms. The van der Waals surface area contributed by atoms with Crippen LogP contribution in [0.3, 0.4) is 0 Å². The van der Waals surface area contributed by atoms with Gasteiger partial charge >= 0.3 is 12.0 Å². The van der Waals surface area contributed by atoms with Crippen LogP contribution < -0.4 is 10.2 Å². The van der Waals surface area contributed by atoms with Crippen LogP contribution in [0, 0.1) is 0 Å². The average molecular weight is 414 g/mol. The molecule has 2 aromatic rings. The van der Waals surface area contributed by atoms with Gasteiger partial charge in [0.05, 0.1) is 5.69 Å². The summed E-state index contributed by atoms with van der Waals surface area (Å²) in [6.07, 6.45) is 4.23. The van der Waals surface area contributed by atoms with E-state index < -0.39 is 12.1 Å². The molecular weight excluding hydrogens is 382 g/mol. The van der Waals surface area contributed by atoms with Crippen molar-refractivity contribution in [1.29, 1.82) is 0 Å². The minimum atomic E-state index is -0.982. The first-order chi connectivity index (χ1) is 14.5. The van der Waals surface area contributed by atoms with Crippen LogP contribution in [-0.4, -0.2) is 48.4 Å². The molecule has 1 aromatic heterocycles. The highest BCUT2D eigenvalue weighted by Crippen LogP contribution is 2.23. The number of pyridine rings is 1. The lowest BCUT2D eigenvalue weighted by Crippen LogP contribution is -2.37. The summed E-state index contributed by atoms with van der Waals surface area (Å²) in [5.74, 6) is -0.982. The van der Waals surface area contributed by atoms with Crippen LogP contribution in [0.5, 0.6) is 0 Å². The van der Waals surface area contributed by atoms with E-state index in [1.54, 1.807) is 25.1 Å². The summed E-state index contributed by atoms with van der Waals surface area (Å²) in [7, 11) is 1.74. The molecule has 2 amide bonds. The van der Waals surface area contributed by atoms with Crippen LogP contribution in [0.1, 0.15) is 38.7 Å². The maximum Gasteiger partial charge on any atom is 0.333 e. The monoisotopic (exact) mass is 413 g/mol. The molecule has 2 N–H and O–H groups in total. The third-order valence-corrected chi connectivity index (χ3v) is 4.78. The van der Waals surface area contributed by atoms with Gasteiger partial charge in [-0.2, -0.15) is 0 Å². The lowest BCUT2D eigenvalue weighted by atomic mass is 10.1. The standard InChI is InChI=1S/C23H31N3O4/c1-4-6-7-13-24-23(29)26(3)19-10-8-9-18(15-19)20-12-11-17(16-25-20)14-21(22(27)28)30-5-2/h8-12,15-16,21H,4-7,13-14H2,1-3H3,(H,24,29)(H,27,28). The van der Waals surface area contributed by atoms with Gasteiger partial charge in [-0.25, -0.2) is 9.59 Å². The Hall–Kier alpha value is -2.93. The van der Waals surface area contributed by atoms with Crippen LogP contribution in [-0.2, 0) is 16.0 Å². The van der Waals surface area contributed by atoms with Gasteiger partial charge in [-0.3, -0.25) is 9.88 Å². The molecule has 0 radical (unpaired) electrons. The zero-order chi connectivity index (χ0) is 21.9. The Balaban J connectivity index is 2.06. The van der Waals surface area contributed by atoms with Crippen molar-refractivity contribution in [3.8, 4) is 11.3 Å². The van der Waals surface area contributed by atoms with Crippen molar-refractivity contribution in [2.24, 2.45) is 0 Å². The van der Waals surface area contributed by atoms with Crippen molar-refractivity contribution < 1.29 is 19.4 Å². The highest BCUT2D eigenvalue weighted by atomic mass is 16.5. The number of benzene rings is 1. The number of aliphatic carboxylic acids is 1. The minimum absolute atomic E-state index is 0.137. The van der Waals surface area contributed by atoms with E-state index in [1.165, 1.54) is 0 Å². The molecule has 0 aliphatic rings. The molecule has 0 fully saturated rings. The number of nitrogens with zero attached hydrogens (tertiary/aromatic N) is 2. The van der Waals surface area contributed by atoms with Crippen LogP contribution in [0.4, 0.5) is 10.5 Å². The number of hydrogen-bond donors (Lipinski definition) is 2. The van der Waals surface area contributed by atoms with Crippen LogP contribution >= 0.6 is 0 Å². The van der Waals surface area contributed by atoms with Gasteiger partial charge in [0.15, 0.2) is 6.10 Å². The number of carboxylic acid groups (broad SMARTS) is 1. The molecule has 1 atom stereocenters. The van der Waals surface area contributed by atoms with Crippen molar-refractivity contribution in [3.05, 3.63) is 48.2 Å². The second-order valence-electron chi connectivity index (χ2n) is 7.09. The van der Waals surface area contributed by atoms with E-state index >= 15 is 0 Å². The van der Waals surface area contributed by atoms with Crippen molar-refractivity contribution in [1.82, 2.24) is 10.3 Å². The van der Waals surface area contributed by atoms with Crippen LogP contribution in [0.15, 0.2) is 42.6 Å². The molecule has 30 heavy (non-hydrogen) atoms. The van der Waals surface area contributed by atoms with E-state index in [0.717, 1.165) is 41.8 Å². The number of carbonyl (C=O) groups is 2. The molecule has 1 aromatic carbocycles.